The molecular weight excluding hydrogens is 284 g/mol. The predicted molar refractivity (Wildman–Crippen MR) is 70.6 cm³/mol. The van der Waals surface area contributed by atoms with Crippen LogP contribution >= 0.6 is 0 Å². The van der Waals surface area contributed by atoms with Crippen LogP contribution in [0, 0.1) is 12.7 Å². The van der Waals surface area contributed by atoms with Gasteiger partial charge in [-0.15, -0.1) is 0 Å². The highest BCUT2D eigenvalue weighted by Crippen LogP contribution is 2.32. The van der Waals surface area contributed by atoms with Gasteiger partial charge in [-0.25, -0.2) is 4.39 Å². The van der Waals surface area contributed by atoms with E-state index in [-0.39, 0.29) is 12.0 Å². The molecule has 0 spiro atoms. The maximum absolute atomic E-state index is 13.2. The largest absolute Gasteiger partial charge is 0.419 e. The van der Waals surface area contributed by atoms with Crippen molar-refractivity contribution in [1.82, 2.24) is 0 Å². The van der Waals surface area contributed by atoms with Crippen LogP contribution in [0.3, 0.4) is 0 Å². The minimum atomic E-state index is -4.82. The van der Waals surface area contributed by atoms with Gasteiger partial charge in [-0.1, -0.05) is 29.8 Å². The van der Waals surface area contributed by atoms with Crippen LogP contribution in [0.4, 0.5) is 17.6 Å². The molecule has 2 aromatic rings. The summed E-state index contributed by atoms with van der Waals surface area (Å²) in [6.07, 6.45) is -4.84. The third kappa shape index (κ3) is 3.68. The molecule has 110 valence electrons. The molecule has 0 saturated carbocycles. The van der Waals surface area contributed by atoms with Crippen LogP contribution < -0.4 is 0 Å². The van der Waals surface area contributed by atoms with E-state index in [9.17, 15) is 22.4 Å². The number of halogens is 4. The zero-order chi connectivity index (χ0) is 15.6. The first-order valence-electron chi connectivity index (χ1n) is 6.23. The SMILES string of the molecule is Cc1ccc(CC(=O)c2ccc(F)c(C(F)(F)F)c2)cc1. The Labute approximate surface area is 119 Å². The fraction of sp³-hybridized carbons (Fsp3) is 0.188. The maximum atomic E-state index is 13.2. The van der Waals surface area contributed by atoms with Crippen LogP contribution in [0.5, 0.6) is 0 Å². The van der Waals surface area contributed by atoms with Gasteiger partial charge in [0.25, 0.3) is 0 Å². The fourth-order valence-corrected chi connectivity index (χ4v) is 1.91. The zero-order valence-electron chi connectivity index (χ0n) is 11.2. The molecule has 0 aromatic heterocycles. The molecule has 0 aliphatic carbocycles. The lowest BCUT2D eigenvalue weighted by molar-refractivity contribution is -0.140. The van der Waals surface area contributed by atoms with Crippen LogP contribution in [-0.2, 0) is 12.6 Å². The number of hydrogen-bond acceptors (Lipinski definition) is 1. The molecule has 0 radical (unpaired) electrons. The third-order valence-electron chi connectivity index (χ3n) is 3.08. The molecule has 0 bridgehead atoms. The molecule has 0 heterocycles. The third-order valence-corrected chi connectivity index (χ3v) is 3.08. The number of benzene rings is 2. The van der Waals surface area contributed by atoms with Crippen molar-refractivity contribution in [1.29, 1.82) is 0 Å². The van der Waals surface area contributed by atoms with Gasteiger partial charge in [-0.3, -0.25) is 4.79 Å². The second kappa shape index (κ2) is 5.68. The number of alkyl halides is 3. The molecule has 21 heavy (non-hydrogen) atoms. The average Bonchev–Trinajstić information content (AvgIpc) is 2.40. The van der Waals surface area contributed by atoms with Gasteiger partial charge < -0.3 is 0 Å². The summed E-state index contributed by atoms with van der Waals surface area (Å²) in [5, 5.41) is 0. The lowest BCUT2D eigenvalue weighted by atomic mass is 10.00. The number of hydrogen-bond donors (Lipinski definition) is 0. The van der Waals surface area contributed by atoms with Crippen molar-refractivity contribution in [3.05, 3.63) is 70.5 Å². The van der Waals surface area contributed by atoms with Gasteiger partial charge in [0, 0.05) is 12.0 Å². The smallest absolute Gasteiger partial charge is 0.294 e. The molecule has 0 amide bonds. The standard InChI is InChI=1S/C16H12F4O/c1-10-2-4-11(5-3-10)8-15(21)12-6-7-14(17)13(9-12)16(18,19)20/h2-7,9H,8H2,1H3. The number of carbonyl (C=O) groups excluding carboxylic acids is 1. The highest BCUT2D eigenvalue weighted by molar-refractivity contribution is 5.97. The van der Waals surface area contributed by atoms with Gasteiger partial charge in [-0.2, -0.15) is 13.2 Å². The van der Waals surface area contributed by atoms with Gasteiger partial charge in [0.1, 0.15) is 5.82 Å². The lowest BCUT2D eigenvalue weighted by Gasteiger charge is -2.09. The fourth-order valence-electron chi connectivity index (χ4n) is 1.91. The van der Waals surface area contributed by atoms with Crippen molar-refractivity contribution in [2.45, 2.75) is 19.5 Å². The quantitative estimate of drug-likeness (QED) is 0.598. The normalized spacial score (nSPS) is 11.5. The van der Waals surface area contributed by atoms with Crippen molar-refractivity contribution in [2.75, 3.05) is 0 Å². The summed E-state index contributed by atoms with van der Waals surface area (Å²) >= 11 is 0. The van der Waals surface area contributed by atoms with E-state index in [4.69, 9.17) is 0 Å². The molecule has 2 rings (SSSR count). The molecule has 0 aliphatic rings. The van der Waals surface area contributed by atoms with Gasteiger partial charge in [0.05, 0.1) is 5.56 Å². The monoisotopic (exact) mass is 296 g/mol. The molecular formula is C16H12F4O. The van der Waals surface area contributed by atoms with E-state index in [1.54, 1.807) is 12.1 Å². The molecule has 0 atom stereocenters. The second-order valence-corrected chi connectivity index (χ2v) is 4.78. The molecule has 0 aliphatic heterocycles. The van der Waals surface area contributed by atoms with E-state index in [1.165, 1.54) is 0 Å². The Morgan fingerprint density at radius 1 is 1.05 bits per heavy atom. The number of rotatable bonds is 3. The molecule has 5 heteroatoms. The summed E-state index contributed by atoms with van der Waals surface area (Å²) in [5.74, 6) is -1.86. The summed E-state index contributed by atoms with van der Waals surface area (Å²) in [7, 11) is 0. The first-order valence-corrected chi connectivity index (χ1v) is 6.23. The van der Waals surface area contributed by atoms with Crippen LogP contribution in [0.25, 0.3) is 0 Å². The van der Waals surface area contributed by atoms with Crippen LogP contribution in [0.1, 0.15) is 27.0 Å². The summed E-state index contributed by atoms with van der Waals surface area (Å²) in [5.41, 5.74) is 0.150. The van der Waals surface area contributed by atoms with Crippen molar-refractivity contribution >= 4 is 5.78 Å². The first-order chi connectivity index (χ1) is 9.77. The number of aryl methyl sites for hydroxylation is 1. The van der Waals surface area contributed by atoms with Gasteiger partial charge >= 0.3 is 6.18 Å². The van der Waals surface area contributed by atoms with Crippen molar-refractivity contribution < 1.29 is 22.4 Å². The Morgan fingerprint density at radius 2 is 1.67 bits per heavy atom. The number of Topliss-reactive ketones (excluding diaryl/α,β-unsaturated/α-hetero) is 1. The Morgan fingerprint density at radius 3 is 2.24 bits per heavy atom. The van der Waals surface area contributed by atoms with E-state index in [0.717, 1.165) is 11.6 Å². The average molecular weight is 296 g/mol. The van der Waals surface area contributed by atoms with Crippen molar-refractivity contribution in [2.24, 2.45) is 0 Å². The van der Waals surface area contributed by atoms with Gasteiger partial charge in [0.15, 0.2) is 5.78 Å². The highest BCUT2D eigenvalue weighted by atomic mass is 19.4. The zero-order valence-corrected chi connectivity index (χ0v) is 11.2. The second-order valence-electron chi connectivity index (χ2n) is 4.78. The van der Waals surface area contributed by atoms with E-state index in [0.29, 0.717) is 17.7 Å². The Kier molecular flexibility index (Phi) is 4.11. The molecule has 0 fully saturated rings. The first kappa shape index (κ1) is 15.2. The van der Waals surface area contributed by atoms with Crippen LogP contribution in [-0.4, -0.2) is 5.78 Å². The highest BCUT2D eigenvalue weighted by Gasteiger charge is 2.34. The van der Waals surface area contributed by atoms with Gasteiger partial charge in [-0.05, 0) is 30.7 Å². The molecule has 0 unspecified atom stereocenters. The molecule has 2 aromatic carbocycles. The minimum absolute atomic E-state index is 0.0246. The summed E-state index contributed by atoms with van der Waals surface area (Å²) < 4.78 is 51.0. The number of ketones is 1. The maximum Gasteiger partial charge on any atom is 0.419 e. The summed E-state index contributed by atoms with van der Waals surface area (Å²) in [6, 6.07) is 9.41. The van der Waals surface area contributed by atoms with Gasteiger partial charge in [0.2, 0.25) is 0 Å². The summed E-state index contributed by atoms with van der Waals surface area (Å²) in [6.45, 7) is 1.89. The van der Waals surface area contributed by atoms with E-state index < -0.39 is 23.3 Å². The lowest BCUT2D eigenvalue weighted by Crippen LogP contribution is -2.11. The number of carbonyl (C=O) groups is 1. The Hall–Kier alpha value is -2.17. The molecule has 0 saturated heterocycles. The summed E-state index contributed by atoms with van der Waals surface area (Å²) in [4.78, 5) is 12.0. The topological polar surface area (TPSA) is 17.1 Å². The molecule has 0 N–H and O–H groups in total. The van der Waals surface area contributed by atoms with E-state index in [1.807, 2.05) is 19.1 Å². The van der Waals surface area contributed by atoms with E-state index in [2.05, 4.69) is 0 Å². The minimum Gasteiger partial charge on any atom is -0.294 e. The van der Waals surface area contributed by atoms with Crippen LogP contribution in [0.15, 0.2) is 42.5 Å². The van der Waals surface area contributed by atoms with Crippen molar-refractivity contribution in [3.8, 4) is 0 Å². The van der Waals surface area contributed by atoms with Crippen LogP contribution in [0.2, 0.25) is 0 Å². The Bertz CT molecular complexity index is 657. The molecule has 1 nitrogen and oxygen atoms in total. The Balaban J connectivity index is 2.25. The van der Waals surface area contributed by atoms with E-state index >= 15 is 0 Å². The van der Waals surface area contributed by atoms with Crippen molar-refractivity contribution in [3.63, 3.8) is 0 Å². The predicted octanol–water partition coefficient (Wildman–Crippen LogP) is 4.58.